The molecule has 0 radical (unpaired) electrons. The number of esters is 2. The highest BCUT2D eigenvalue weighted by Gasteiger charge is 2.61. The first-order chi connectivity index (χ1) is 19.9. The number of ether oxygens (including phenoxy) is 3. The van der Waals surface area contributed by atoms with Crippen LogP contribution in [0.3, 0.4) is 0 Å². The average molecular weight is 614 g/mol. The Labute approximate surface area is 244 Å². The Morgan fingerprint density at radius 2 is 1.39 bits per heavy atom. The Morgan fingerprint density at radius 3 is 2.00 bits per heavy atom. The van der Waals surface area contributed by atoms with Gasteiger partial charge >= 0.3 is 11.9 Å². The molecule has 5 rings (SSSR count). The standard InChI is InChI=1S/C32H24BrNO7/c33-27-15-11-24(12-16-27)31(36)40-21-32(29(41-32)23-9-5-2-6-10-23)26(19-22-7-3-1-4-8-22)20-39-30(35)25-13-17-28(18-14-25)34(37)38/h1-19,29H,20-21H2/b26-19-/t29-,32+/m0/s1. The van der Waals surface area contributed by atoms with Gasteiger partial charge in [0.2, 0.25) is 0 Å². The molecule has 4 aromatic carbocycles. The zero-order chi connectivity index (χ0) is 28.8. The number of carbonyl (C=O) groups excluding carboxylic acids is 2. The summed E-state index contributed by atoms with van der Waals surface area (Å²) < 4.78 is 18.6. The largest absolute Gasteiger partial charge is 0.459 e. The number of nitro benzene ring substituents is 1. The molecule has 0 aromatic heterocycles. The van der Waals surface area contributed by atoms with Crippen molar-refractivity contribution in [2.45, 2.75) is 11.7 Å². The van der Waals surface area contributed by atoms with Crippen molar-refractivity contribution in [3.8, 4) is 0 Å². The van der Waals surface area contributed by atoms with E-state index in [1.165, 1.54) is 24.3 Å². The quantitative estimate of drug-likeness (QED) is 0.0822. The van der Waals surface area contributed by atoms with E-state index in [9.17, 15) is 19.7 Å². The van der Waals surface area contributed by atoms with Crippen LogP contribution in [0.2, 0.25) is 0 Å². The van der Waals surface area contributed by atoms with Crippen LogP contribution in [0.25, 0.3) is 6.08 Å². The van der Waals surface area contributed by atoms with E-state index in [-0.39, 0.29) is 24.5 Å². The monoisotopic (exact) mass is 613 g/mol. The Morgan fingerprint density at radius 1 is 0.829 bits per heavy atom. The summed E-state index contributed by atoms with van der Waals surface area (Å²) >= 11 is 3.36. The summed E-state index contributed by atoms with van der Waals surface area (Å²) in [6.07, 6.45) is 1.41. The van der Waals surface area contributed by atoms with Crippen LogP contribution in [-0.4, -0.2) is 35.7 Å². The number of non-ortho nitro benzene ring substituents is 1. The molecule has 1 heterocycles. The molecule has 41 heavy (non-hydrogen) atoms. The van der Waals surface area contributed by atoms with Gasteiger partial charge in [-0.1, -0.05) is 76.6 Å². The maximum absolute atomic E-state index is 12.9. The first-order valence-corrected chi connectivity index (χ1v) is 13.5. The zero-order valence-corrected chi connectivity index (χ0v) is 23.2. The number of carbonyl (C=O) groups is 2. The molecule has 2 atom stereocenters. The predicted octanol–water partition coefficient (Wildman–Crippen LogP) is 6.97. The molecule has 206 valence electrons. The molecule has 1 aliphatic rings. The van der Waals surface area contributed by atoms with Gasteiger partial charge in [-0.15, -0.1) is 0 Å². The number of hydrogen-bond acceptors (Lipinski definition) is 7. The van der Waals surface area contributed by atoms with Crippen LogP contribution in [0.15, 0.2) is 119 Å². The van der Waals surface area contributed by atoms with Crippen molar-refractivity contribution in [3.05, 3.63) is 152 Å². The lowest BCUT2D eigenvalue weighted by molar-refractivity contribution is -0.384. The van der Waals surface area contributed by atoms with Crippen molar-refractivity contribution >= 4 is 39.6 Å². The van der Waals surface area contributed by atoms with E-state index in [1.54, 1.807) is 24.3 Å². The third kappa shape index (κ3) is 6.59. The van der Waals surface area contributed by atoms with Crippen molar-refractivity contribution in [2.24, 2.45) is 0 Å². The van der Waals surface area contributed by atoms with Gasteiger partial charge in [-0.3, -0.25) is 10.1 Å². The van der Waals surface area contributed by atoms with Gasteiger partial charge in [0.1, 0.15) is 19.3 Å². The van der Waals surface area contributed by atoms with Gasteiger partial charge in [0.05, 0.1) is 16.1 Å². The maximum atomic E-state index is 12.9. The molecule has 0 unspecified atom stereocenters. The van der Waals surface area contributed by atoms with E-state index in [0.717, 1.165) is 15.6 Å². The van der Waals surface area contributed by atoms with Crippen LogP contribution in [0, 0.1) is 10.1 Å². The Hall–Kier alpha value is -4.60. The van der Waals surface area contributed by atoms with Crippen molar-refractivity contribution < 1.29 is 28.7 Å². The van der Waals surface area contributed by atoms with Gasteiger partial charge in [-0.25, -0.2) is 9.59 Å². The normalized spacial score (nSPS) is 17.9. The lowest BCUT2D eigenvalue weighted by Gasteiger charge is -2.19. The Kier molecular flexibility index (Phi) is 8.37. The maximum Gasteiger partial charge on any atom is 0.338 e. The third-order valence-corrected chi connectivity index (χ3v) is 7.18. The van der Waals surface area contributed by atoms with Crippen LogP contribution in [0.4, 0.5) is 5.69 Å². The molecule has 9 heteroatoms. The van der Waals surface area contributed by atoms with E-state index in [4.69, 9.17) is 14.2 Å². The van der Waals surface area contributed by atoms with Crippen LogP contribution in [-0.2, 0) is 14.2 Å². The molecule has 0 amide bonds. The molecule has 1 aliphatic heterocycles. The van der Waals surface area contributed by atoms with Gasteiger partial charge in [0.15, 0.2) is 5.60 Å². The van der Waals surface area contributed by atoms with Gasteiger partial charge in [-0.05, 0) is 53.6 Å². The van der Waals surface area contributed by atoms with E-state index in [1.807, 2.05) is 66.7 Å². The zero-order valence-electron chi connectivity index (χ0n) is 21.6. The van der Waals surface area contributed by atoms with E-state index >= 15 is 0 Å². The molecule has 1 fully saturated rings. The van der Waals surface area contributed by atoms with Gasteiger partial charge in [-0.2, -0.15) is 0 Å². The number of nitro groups is 1. The predicted molar refractivity (Wildman–Crippen MR) is 155 cm³/mol. The number of halogens is 1. The van der Waals surface area contributed by atoms with Crippen LogP contribution in [0.1, 0.15) is 37.9 Å². The summed E-state index contributed by atoms with van der Waals surface area (Å²) in [6.45, 7) is -0.279. The highest BCUT2D eigenvalue weighted by molar-refractivity contribution is 9.10. The fourth-order valence-corrected chi connectivity index (χ4v) is 4.68. The van der Waals surface area contributed by atoms with Crippen molar-refractivity contribution in [3.63, 3.8) is 0 Å². The number of hydrogen-bond donors (Lipinski definition) is 0. The summed E-state index contributed by atoms with van der Waals surface area (Å²) in [5.74, 6) is -1.17. The number of rotatable bonds is 10. The minimum absolute atomic E-state index is 0.116. The van der Waals surface area contributed by atoms with Crippen LogP contribution >= 0.6 is 15.9 Å². The third-order valence-electron chi connectivity index (χ3n) is 6.65. The fraction of sp³-hybridized carbons (Fsp3) is 0.125. The minimum atomic E-state index is -1.09. The SMILES string of the molecule is O=C(OC/C(=C/c1ccccc1)[C@@]1(COC(=O)c2ccc(Br)cc2)O[C@H]1c1ccccc1)c1ccc([N+](=O)[O-])cc1. The lowest BCUT2D eigenvalue weighted by atomic mass is 9.91. The van der Waals surface area contributed by atoms with Gasteiger partial charge < -0.3 is 14.2 Å². The molecule has 1 saturated heterocycles. The highest BCUT2D eigenvalue weighted by atomic mass is 79.9. The van der Waals surface area contributed by atoms with Crippen molar-refractivity contribution in [1.29, 1.82) is 0 Å². The second kappa shape index (κ2) is 12.3. The van der Waals surface area contributed by atoms with Gasteiger partial charge in [0, 0.05) is 22.2 Å². The summed E-state index contributed by atoms with van der Waals surface area (Å²) in [7, 11) is 0. The molecule has 0 N–H and O–H groups in total. The molecular formula is C32H24BrNO7. The van der Waals surface area contributed by atoms with Crippen molar-refractivity contribution in [2.75, 3.05) is 13.2 Å². The fourth-order valence-electron chi connectivity index (χ4n) is 4.41. The molecule has 4 aromatic rings. The Balaban J connectivity index is 1.43. The summed E-state index contributed by atoms with van der Waals surface area (Å²) in [5.41, 5.74) is 1.66. The highest BCUT2D eigenvalue weighted by Crippen LogP contribution is 2.55. The number of epoxide rings is 1. The smallest absolute Gasteiger partial charge is 0.338 e. The molecule has 8 nitrogen and oxygen atoms in total. The summed E-state index contributed by atoms with van der Waals surface area (Å²) in [4.78, 5) is 36.3. The summed E-state index contributed by atoms with van der Waals surface area (Å²) in [6, 6.07) is 31.0. The first-order valence-electron chi connectivity index (χ1n) is 12.7. The van der Waals surface area contributed by atoms with Crippen LogP contribution < -0.4 is 0 Å². The average Bonchev–Trinajstić information content (AvgIpc) is 3.75. The molecule has 0 aliphatic carbocycles. The number of benzene rings is 4. The summed E-state index contributed by atoms with van der Waals surface area (Å²) in [5, 5.41) is 11.0. The minimum Gasteiger partial charge on any atom is -0.459 e. The van der Waals surface area contributed by atoms with Gasteiger partial charge in [0.25, 0.3) is 5.69 Å². The second-order valence-corrected chi connectivity index (χ2v) is 10.3. The van der Waals surface area contributed by atoms with E-state index < -0.39 is 28.6 Å². The Bertz CT molecular complexity index is 1570. The molecule has 0 bridgehead atoms. The topological polar surface area (TPSA) is 108 Å². The lowest BCUT2D eigenvalue weighted by Crippen LogP contribution is -2.28. The molecule has 0 spiro atoms. The first kappa shape index (κ1) is 27.9. The second-order valence-electron chi connectivity index (χ2n) is 9.34. The molecule has 0 saturated carbocycles. The van der Waals surface area contributed by atoms with E-state index in [0.29, 0.717) is 11.1 Å². The number of nitrogens with zero attached hydrogens (tertiary/aromatic N) is 1. The van der Waals surface area contributed by atoms with Crippen molar-refractivity contribution in [1.82, 2.24) is 0 Å². The molecular weight excluding hydrogens is 590 g/mol. The van der Waals surface area contributed by atoms with Crippen LogP contribution in [0.5, 0.6) is 0 Å². The van der Waals surface area contributed by atoms with E-state index in [2.05, 4.69) is 15.9 Å².